The lowest BCUT2D eigenvalue weighted by Crippen LogP contribution is -2.04. The van der Waals surface area contributed by atoms with E-state index in [1.165, 1.54) is 18.2 Å². The molecule has 0 fully saturated rings. The minimum absolute atomic E-state index is 0.0893. The molecule has 21 heavy (non-hydrogen) atoms. The molecule has 0 amide bonds. The van der Waals surface area contributed by atoms with Crippen molar-refractivity contribution in [2.75, 3.05) is 0 Å². The van der Waals surface area contributed by atoms with Crippen LogP contribution in [0.3, 0.4) is 0 Å². The number of hydrogen-bond donors (Lipinski definition) is 1. The third kappa shape index (κ3) is 2.84. The lowest BCUT2D eigenvalue weighted by Gasteiger charge is -2.11. The summed E-state index contributed by atoms with van der Waals surface area (Å²) in [6.07, 6.45) is 0. The molecule has 108 valence electrons. The number of ether oxygens (including phenoxy) is 1. The van der Waals surface area contributed by atoms with Gasteiger partial charge in [0.05, 0.1) is 4.92 Å². The van der Waals surface area contributed by atoms with Crippen molar-refractivity contribution < 1.29 is 19.6 Å². The van der Waals surface area contributed by atoms with E-state index in [0.29, 0.717) is 5.75 Å². The van der Waals surface area contributed by atoms with Gasteiger partial charge in [0.2, 0.25) is 5.75 Å². The second kappa shape index (κ2) is 5.62. The maximum absolute atomic E-state index is 11.2. The summed E-state index contributed by atoms with van der Waals surface area (Å²) in [6.45, 7) is 3.72. The predicted octanol–water partition coefficient (Wildman–Crippen LogP) is 3.70. The van der Waals surface area contributed by atoms with Crippen molar-refractivity contribution >= 4 is 11.7 Å². The van der Waals surface area contributed by atoms with Crippen LogP contribution in [0.2, 0.25) is 0 Å². The van der Waals surface area contributed by atoms with Crippen LogP contribution in [0, 0.1) is 24.0 Å². The van der Waals surface area contributed by atoms with Crippen LogP contribution >= 0.6 is 0 Å². The molecule has 0 heterocycles. The van der Waals surface area contributed by atoms with E-state index < -0.39 is 22.1 Å². The van der Waals surface area contributed by atoms with Crippen LogP contribution in [0.1, 0.15) is 21.5 Å². The fourth-order valence-electron chi connectivity index (χ4n) is 1.92. The van der Waals surface area contributed by atoms with Gasteiger partial charge in [-0.05, 0) is 43.2 Å². The van der Waals surface area contributed by atoms with Gasteiger partial charge in [0.1, 0.15) is 11.3 Å². The quantitative estimate of drug-likeness (QED) is 0.684. The maximum Gasteiger partial charge on any atom is 0.342 e. The first-order chi connectivity index (χ1) is 9.91. The fourth-order valence-corrected chi connectivity index (χ4v) is 1.92. The van der Waals surface area contributed by atoms with Crippen molar-refractivity contribution in [1.29, 1.82) is 0 Å². The van der Waals surface area contributed by atoms with Gasteiger partial charge in [0.15, 0.2) is 0 Å². The van der Waals surface area contributed by atoms with E-state index in [4.69, 9.17) is 9.84 Å². The SMILES string of the molecule is Cc1cccc(Oc2cccc(C(=O)O)c2[N+](=O)[O-])c1C. The molecule has 0 unspecified atom stereocenters. The zero-order valence-corrected chi connectivity index (χ0v) is 11.5. The van der Waals surface area contributed by atoms with Gasteiger partial charge in [0.25, 0.3) is 0 Å². The Morgan fingerprint density at radius 3 is 2.38 bits per heavy atom. The Kier molecular flexibility index (Phi) is 3.89. The number of rotatable bonds is 4. The monoisotopic (exact) mass is 287 g/mol. The van der Waals surface area contributed by atoms with E-state index in [2.05, 4.69) is 0 Å². The number of para-hydroxylation sites is 1. The Bertz CT molecular complexity index is 724. The molecule has 0 aromatic heterocycles. The van der Waals surface area contributed by atoms with E-state index in [1.807, 2.05) is 19.9 Å². The number of benzene rings is 2. The number of nitrogens with zero attached hydrogens (tertiary/aromatic N) is 1. The van der Waals surface area contributed by atoms with Gasteiger partial charge in [-0.1, -0.05) is 18.2 Å². The molecular formula is C15H13NO5. The van der Waals surface area contributed by atoms with Crippen LogP contribution in [-0.4, -0.2) is 16.0 Å². The van der Waals surface area contributed by atoms with Crippen LogP contribution in [0.15, 0.2) is 36.4 Å². The number of carboxylic acid groups (broad SMARTS) is 1. The third-order valence-electron chi connectivity index (χ3n) is 3.19. The molecule has 2 rings (SSSR count). The lowest BCUT2D eigenvalue weighted by atomic mass is 10.1. The third-order valence-corrected chi connectivity index (χ3v) is 3.19. The Hall–Kier alpha value is -2.89. The summed E-state index contributed by atoms with van der Waals surface area (Å²) in [6, 6.07) is 9.31. The highest BCUT2D eigenvalue weighted by atomic mass is 16.6. The maximum atomic E-state index is 11.2. The standard InChI is InChI=1S/C15H13NO5/c1-9-5-3-7-12(10(9)2)21-13-8-4-6-11(15(17)18)14(13)16(19)20/h3-8H,1-2H3,(H,17,18). The van der Waals surface area contributed by atoms with Crippen molar-refractivity contribution in [1.82, 2.24) is 0 Å². The fraction of sp³-hybridized carbons (Fsp3) is 0.133. The van der Waals surface area contributed by atoms with E-state index in [1.54, 1.807) is 12.1 Å². The minimum atomic E-state index is -1.37. The Morgan fingerprint density at radius 2 is 1.76 bits per heavy atom. The number of hydrogen-bond acceptors (Lipinski definition) is 4. The molecule has 1 N–H and O–H groups in total. The molecule has 0 radical (unpaired) electrons. The normalized spacial score (nSPS) is 10.2. The van der Waals surface area contributed by atoms with E-state index in [0.717, 1.165) is 11.1 Å². The highest BCUT2D eigenvalue weighted by Crippen LogP contribution is 2.35. The van der Waals surface area contributed by atoms with Crippen molar-refractivity contribution in [3.8, 4) is 11.5 Å². The molecule has 0 aliphatic heterocycles. The summed E-state index contributed by atoms with van der Waals surface area (Å²) in [5, 5.41) is 20.2. The van der Waals surface area contributed by atoms with Crippen LogP contribution in [-0.2, 0) is 0 Å². The van der Waals surface area contributed by atoms with Crippen LogP contribution in [0.5, 0.6) is 11.5 Å². The summed E-state index contributed by atoms with van der Waals surface area (Å²) in [4.78, 5) is 21.5. The molecule has 6 nitrogen and oxygen atoms in total. The molecule has 6 heteroatoms. The topological polar surface area (TPSA) is 89.7 Å². The second-order valence-electron chi connectivity index (χ2n) is 4.51. The lowest BCUT2D eigenvalue weighted by molar-refractivity contribution is -0.386. The molecule has 2 aromatic rings. The highest BCUT2D eigenvalue weighted by molar-refractivity contribution is 5.93. The number of nitro groups is 1. The number of aryl methyl sites for hydroxylation is 1. The van der Waals surface area contributed by atoms with Gasteiger partial charge >= 0.3 is 11.7 Å². The molecule has 0 bridgehead atoms. The van der Waals surface area contributed by atoms with Gasteiger partial charge < -0.3 is 9.84 Å². The number of carboxylic acids is 1. The summed E-state index contributed by atoms with van der Waals surface area (Å²) < 4.78 is 5.57. The number of carbonyl (C=O) groups is 1. The first-order valence-corrected chi connectivity index (χ1v) is 6.16. The predicted molar refractivity (Wildman–Crippen MR) is 76.0 cm³/mol. The first kappa shape index (κ1) is 14.5. The van der Waals surface area contributed by atoms with Crippen LogP contribution in [0.4, 0.5) is 5.69 Å². The smallest absolute Gasteiger partial charge is 0.342 e. The Labute approximate surface area is 120 Å². The molecule has 0 spiro atoms. The van der Waals surface area contributed by atoms with Crippen LogP contribution in [0.25, 0.3) is 0 Å². The van der Waals surface area contributed by atoms with Gasteiger partial charge in [-0.25, -0.2) is 4.79 Å². The van der Waals surface area contributed by atoms with Crippen LogP contribution < -0.4 is 4.74 Å². The highest BCUT2D eigenvalue weighted by Gasteiger charge is 2.26. The molecular weight excluding hydrogens is 274 g/mol. The Morgan fingerprint density at radius 1 is 1.14 bits per heavy atom. The molecule has 0 aliphatic carbocycles. The zero-order valence-electron chi connectivity index (χ0n) is 11.5. The van der Waals surface area contributed by atoms with E-state index >= 15 is 0 Å². The summed E-state index contributed by atoms with van der Waals surface area (Å²) in [5.41, 5.74) is 0.866. The molecule has 0 saturated heterocycles. The summed E-state index contributed by atoms with van der Waals surface area (Å²) in [7, 11) is 0. The summed E-state index contributed by atoms with van der Waals surface area (Å²) in [5.74, 6) is -0.998. The van der Waals surface area contributed by atoms with E-state index in [9.17, 15) is 14.9 Å². The zero-order chi connectivity index (χ0) is 15.6. The summed E-state index contributed by atoms with van der Waals surface area (Å²) >= 11 is 0. The number of nitro benzene ring substituents is 1. The van der Waals surface area contributed by atoms with Crippen molar-refractivity contribution in [2.24, 2.45) is 0 Å². The Balaban J connectivity index is 2.54. The molecule has 0 aliphatic rings. The van der Waals surface area contributed by atoms with Gasteiger partial charge in [-0.3, -0.25) is 10.1 Å². The molecule has 0 saturated carbocycles. The number of aromatic carboxylic acids is 1. The van der Waals surface area contributed by atoms with Gasteiger partial charge in [-0.15, -0.1) is 0 Å². The van der Waals surface area contributed by atoms with E-state index in [-0.39, 0.29) is 5.75 Å². The van der Waals surface area contributed by atoms with Crippen molar-refractivity contribution in [3.63, 3.8) is 0 Å². The van der Waals surface area contributed by atoms with Gasteiger partial charge in [0, 0.05) is 0 Å². The van der Waals surface area contributed by atoms with Gasteiger partial charge in [-0.2, -0.15) is 0 Å². The molecule has 0 atom stereocenters. The van der Waals surface area contributed by atoms with Crippen molar-refractivity contribution in [2.45, 2.75) is 13.8 Å². The average Bonchev–Trinajstić information content (AvgIpc) is 2.43. The largest absolute Gasteiger partial charge is 0.477 e. The first-order valence-electron chi connectivity index (χ1n) is 6.16. The van der Waals surface area contributed by atoms with Crippen molar-refractivity contribution in [3.05, 3.63) is 63.2 Å². The average molecular weight is 287 g/mol. The minimum Gasteiger partial charge on any atom is -0.477 e. The molecule has 2 aromatic carbocycles. The second-order valence-corrected chi connectivity index (χ2v) is 4.51.